The van der Waals surface area contributed by atoms with Crippen molar-refractivity contribution in [3.8, 4) is 0 Å². The van der Waals surface area contributed by atoms with Crippen LogP contribution < -0.4 is 5.32 Å². The molecule has 0 unspecified atom stereocenters. The van der Waals surface area contributed by atoms with Crippen molar-refractivity contribution in [2.24, 2.45) is 0 Å². The number of ether oxygens (including phenoxy) is 1. The Balaban J connectivity index is 2.46. The molecule has 1 rings (SSSR count). The molecule has 1 aromatic rings. The lowest BCUT2D eigenvalue weighted by Gasteiger charge is -2.16. The second-order valence-corrected chi connectivity index (χ2v) is 5.93. The van der Waals surface area contributed by atoms with E-state index in [0.717, 1.165) is 4.90 Å². The lowest BCUT2D eigenvalue weighted by atomic mass is 10.3. The summed E-state index contributed by atoms with van der Waals surface area (Å²) in [5.74, 6) is 0.0134. The molecular weight excluding hydrogens is 270 g/mol. The van der Waals surface area contributed by atoms with E-state index in [2.05, 4.69) is 5.32 Å². The van der Waals surface area contributed by atoms with Crippen LogP contribution in [0, 0.1) is 0 Å². The van der Waals surface area contributed by atoms with Gasteiger partial charge < -0.3 is 10.1 Å². The molecule has 0 spiro atoms. The summed E-state index contributed by atoms with van der Waals surface area (Å²) in [5.41, 5.74) is 0. The smallest absolute Gasteiger partial charge is 0.233 e. The SMILES string of the molecule is COC[C@H](C)NC(=O)[C@@H](C)Sc1ccc(Cl)cc1. The Morgan fingerprint density at radius 3 is 2.56 bits per heavy atom. The zero-order valence-corrected chi connectivity index (χ0v) is 12.3. The van der Waals surface area contributed by atoms with Crippen LogP contribution in [0.2, 0.25) is 5.02 Å². The monoisotopic (exact) mass is 287 g/mol. The molecule has 0 heterocycles. The third-order valence-corrected chi connectivity index (χ3v) is 3.66. The van der Waals surface area contributed by atoms with Crippen molar-refractivity contribution < 1.29 is 9.53 Å². The molecule has 0 bridgehead atoms. The van der Waals surface area contributed by atoms with Gasteiger partial charge >= 0.3 is 0 Å². The van der Waals surface area contributed by atoms with E-state index in [-0.39, 0.29) is 17.2 Å². The molecule has 5 heteroatoms. The topological polar surface area (TPSA) is 38.3 Å². The number of hydrogen-bond donors (Lipinski definition) is 1. The second kappa shape index (κ2) is 7.67. The largest absolute Gasteiger partial charge is 0.383 e. The minimum absolute atomic E-state index is 0.0134. The van der Waals surface area contributed by atoms with Gasteiger partial charge in [-0.25, -0.2) is 0 Å². The van der Waals surface area contributed by atoms with Crippen LogP contribution in [0.15, 0.2) is 29.2 Å². The van der Waals surface area contributed by atoms with Crippen molar-refractivity contribution in [3.05, 3.63) is 29.3 Å². The van der Waals surface area contributed by atoms with E-state index in [9.17, 15) is 4.79 Å². The highest BCUT2D eigenvalue weighted by molar-refractivity contribution is 8.00. The Labute approximate surface area is 117 Å². The third kappa shape index (κ3) is 5.29. The van der Waals surface area contributed by atoms with Crippen molar-refractivity contribution in [1.29, 1.82) is 0 Å². The van der Waals surface area contributed by atoms with Gasteiger partial charge in [-0.1, -0.05) is 11.6 Å². The highest BCUT2D eigenvalue weighted by atomic mass is 35.5. The number of benzene rings is 1. The number of hydrogen-bond acceptors (Lipinski definition) is 3. The molecule has 1 aromatic carbocycles. The zero-order valence-electron chi connectivity index (χ0n) is 10.8. The van der Waals surface area contributed by atoms with Crippen LogP contribution in [-0.2, 0) is 9.53 Å². The maximum Gasteiger partial charge on any atom is 0.233 e. The minimum Gasteiger partial charge on any atom is -0.383 e. The normalized spacial score (nSPS) is 14.0. The third-order valence-electron chi connectivity index (χ3n) is 2.30. The first-order valence-electron chi connectivity index (χ1n) is 5.74. The van der Waals surface area contributed by atoms with E-state index in [4.69, 9.17) is 16.3 Å². The van der Waals surface area contributed by atoms with Crippen molar-refractivity contribution in [2.75, 3.05) is 13.7 Å². The zero-order chi connectivity index (χ0) is 13.5. The molecule has 100 valence electrons. The summed E-state index contributed by atoms with van der Waals surface area (Å²) in [4.78, 5) is 12.9. The molecular formula is C13H18ClNO2S. The van der Waals surface area contributed by atoms with E-state index in [1.807, 2.05) is 38.1 Å². The lowest BCUT2D eigenvalue weighted by Crippen LogP contribution is -2.39. The average molecular weight is 288 g/mol. The van der Waals surface area contributed by atoms with Gasteiger partial charge in [0.25, 0.3) is 0 Å². The van der Waals surface area contributed by atoms with E-state index in [1.54, 1.807) is 7.11 Å². The molecule has 0 aliphatic carbocycles. The molecule has 0 aromatic heterocycles. The first kappa shape index (κ1) is 15.3. The van der Waals surface area contributed by atoms with Crippen LogP contribution in [0.4, 0.5) is 0 Å². The number of nitrogens with one attached hydrogen (secondary N) is 1. The summed E-state index contributed by atoms with van der Waals surface area (Å²) in [6.45, 7) is 4.32. The molecule has 0 saturated carbocycles. The predicted octanol–water partition coefficient (Wildman–Crippen LogP) is 2.97. The number of carbonyl (C=O) groups is 1. The number of methoxy groups -OCH3 is 1. The van der Waals surface area contributed by atoms with E-state index in [1.165, 1.54) is 11.8 Å². The van der Waals surface area contributed by atoms with Crippen LogP contribution >= 0.6 is 23.4 Å². The highest BCUT2D eigenvalue weighted by Gasteiger charge is 2.16. The highest BCUT2D eigenvalue weighted by Crippen LogP contribution is 2.24. The first-order chi connectivity index (χ1) is 8.52. The molecule has 0 aliphatic rings. The van der Waals surface area contributed by atoms with Gasteiger partial charge in [-0.15, -0.1) is 11.8 Å². The van der Waals surface area contributed by atoms with Gasteiger partial charge in [0, 0.05) is 23.1 Å². The molecule has 3 nitrogen and oxygen atoms in total. The summed E-state index contributed by atoms with van der Waals surface area (Å²) >= 11 is 7.32. The standard InChI is InChI=1S/C13H18ClNO2S/c1-9(8-17-3)15-13(16)10(2)18-12-6-4-11(14)5-7-12/h4-7,9-10H,8H2,1-3H3,(H,15,16)/t9-,10+/m0/s1. The number of halogens is 1. The number of amides is 1. The molecule has 0 aliphatic heterocycles. The predicted molar refractivity (Wildman–Crippen MR) is 76.3 cm³/mol. The number of rotatable bonds is 6. The quantitative estimate of drug-likeness (QED) is 0.818. The molecule has 18 heavy (non-hydrogen) atoms. The van der Waals surface area contributed by atoms with Gasteiger partial charge in [0.1, 0.15) is 0 Å². The fourth-order valence-electron chi connectivity index (χ4n) is 1.42. The van der Waals surface area contributed by atoms with Crippen molar-refractivity contribution in [2.45, 2.75) is 30.0 Å². The summed E-state index contributed by atoms with van der Waals surface area (Å²) in [6.07, 6.45) is 0. The van der Waals surface area contributed by atoms with E-state index in [0.29, 0.717) is 11.6 Å². The van der Waals surface area contributed by atoms with E-state index >= 15 is 0 Å². The Morgan fingerprint density at radius 1 is 1.39 bits per heavy atom. The van der Waals surface area contributed by atoms with Gasteiger partial charge in [0.05, 0.1) is 11.9 Å². The summed E-state index contributed by atoms with van der Waals surface area (Å²) in [7, 11) is 1.62. The molecule has 1 N–H and O–H groups in total. The molecule has 0 fully saturated rings. The van der Waals surface area contributed by atoms with Gasteiger partial charge in [-0.3, -0.25) is 4.79 Å². The lowest BCUT2D eigenvalue weighted by molar-refractivity contribution is -0.121. The van der Waals surface area contributed by atoms with Gasteiger partial charge in [0.2, 0.25) is 5.91 Å². The van der Waals surface area contributed by atoms with Crippen LogP contribution in [0.3, 0.4) is 0 Å². The van der Waals surface area contributed by atoms with Gasteiger partial charge in [-0.2, -0.15) is 0 Å². The average Bonchev–Trinajstić information content (AvgIpc) is 2.32. The van der Waals surface area contributed by atoms with Crippen molar-refractivity contribution in [1.82, 2.24) is 5.32 Å². The van der Waals surface area contributed by atoms with Crippen LogP contribution in [0.1, 0.15) is 13.8 Å². The number of carbonyl (C=O) groups excluding carboxylic acids is 1. The molecule has 2 atom stereocenters. The fourth-order valence-corrected chi connectivity index (χ4v) is 2.43. The van der Waals surface area contributed by atoms with Crippen LogP contribution in [0.25, 0.3) is 0 Å². The molecule has 0 radical (unpaired) electrons. The summed E-state index contributed by atoms with van der Waals surface area (Å²) < 4.78 is 4.98. The van der Waals surface area contributed by atoms with Crippen LogP contribution in [0.5, 0.6) is 0 Å². The van der Waals surface area contributed by atoms with Gasteiger partial charge in [-0.05, 0) is 38.1 Å². The number of thioether (sulfide) groups is 1. The Kier molecular flexibility index (Phi) is 6.54. The maximum atomic E-state index is 11.9. The molecule has 1 amide bonds. The van der Waals surface area contributed by atoms with Gasteiger partial charge in [0.15, 0.2) is 0 Å². The second-order valence-electron chi connectivity index (χ2n) is 4.08. The molecule has 0 saturated heterocycles. The fraction of sp³-hybridized carbons (Fsp3) is 0.462. The Bertz CT molecular complexity index is 383. The van der Waals surface area contributed by atoms with E-state index < -0.39 is 0 Å². The Morgan fingerprint density at radius 2 is 2.00 bits per heavy atom. The Hall–Kier alpha value is -0.710. The van der Waals surface area contributed by atoms with Crippen molar-refractivity contribution in [3.63, 3.8) is 0 Å². The maximum absolute atomic E-state index is 11.9. The minimum atomic E-state index is -0.148. The first-order valence-corrected chi connectivity index (χ1v) is 7.00. The summed E-state index contributed by atoms with van der Waals surface area (Å²) in [5, 5.41) is 3.45. The van der Waals surface area contributed by atoms with Crippen LogP contribution in [-0.4, -0.2) is 30.9 Å². The summed E-state index contributed by atoms with van der Waals surface area (Å²) in [6, 6.07) is 7.49. The van der Waals surface area contributed by atoms with Crippen molar-refractivity contribution >= 4 is 29.3 Å².